The average Bonchev–Trinajstić information content (AvgIpc) is 2.85. The third kappa shape index (κ3) is 24.5. The Labute approximate surface area is 249 Å². The van der Waals surface area contributed by atoms with Gasteiger partial charge in [-0.2, -0.15) is 0 Å². The maximum atomic E-state index is 12.1. The minimum atomic E-state index is -1.08. The van der Waals surface area contributed by atoms with Gasteiger partial charge < -0.3 is 43.9 Å². The number of unbranched alkanes of at least 4 members (excludes halogenated alkanes) is 9. The maximum Gasteiger partial charge on any atom is 0.219 e. The molecule has 0 heterocycles. The fourth-order valence-electron chi connectivity index (χ4n) is 5.00. The summed E-state index contributed by atoms with van der Waals surface area (Å²) in [5.41, 5.74) is 0. The second-order valence-electron chi connectivity index (χ2n) is 12.9. The quantitative estimate of drug-likeness (QED) is 0.104. The van der Waals surface area contributed by atoms with E-state index in [0.29, 0.717) is 43.6 Å². The maximum absolute atomic E-state index is 12.1. The van der Waals surface area contributed by atoms with Crippen LogP contribution in [0.1, 0.15) is 103 Å². The van der Waals surface area contributed by atoms with Crippen LogP contribution in [0.5, 0.6) is 0 Å². The molecule has 0 saturated heterocycles. The molecule has 2 N–H and O–H groups in total. The molecule has 0 radical (unpaired) electrons. The van der Waals surface area contributed by atoms with Crippen LogP contribution in [0.4, 0.5) is 0 Å². The van der Waals surface area contributed by atoms with E-state index in [1.165, 1.54) is 25.7 Å². The molecular formula is C31H61N3O7. The van der Waals surface area contributed by atoms with Crippen molar-refractivity contribution in [1.29, 1.82) is 0 Å². The van der Waals surface area contributed by atoms with E-state index < -0.39 is 18.0 Å². The third-order valence-corrected chi connectivity index (χ3v) is 7.58. The van der Waals surface area contributed by atoms with Crippen molar-refractivity contribution in [2.45, 2.75) is 115 Å². The van der Waals surface area contributed by atoms with Gasteiger partial charge in [-0.25, -0.2) is 0 Å². The summed E-state index contributed by atoms with van der Waals surface area (Å²) in [5, 5.41) is 35.5. The first kappa shape index (κ1) is 39.2. The normalized spacial score (nSPS) is 13.6. The predicted molar refractivity (Wildman–Crippen MR) is 157 cm³/mol. The van der Waals surface area contributed by atoms with Gasteiger partial charge in [0.15, 0.2) is 0 Å². The number of aliphatic hydroxyl groups is 1. The number of quaternary nitrogens is 2. The van der Waals surface area contributed by atoms with Crippen molar-refractivity contribution in [3.8, 4) is 0 Å². The number of aliphatic hydroxyl groups excluding tert-OH is 1. The molecule has 0 bridgehead atoms. The van der Waals surface area contributed by atoms with Crippen LogP contribution in [0.3, 0.4) is 0 Å². The molecule has 0 aliphatic heterocycles. The van der Waals surface area contributed by atoms with Gasteiger partial charge in [0.2, 0.25) is 5.91 Å². The van der Waals surface area contributed by atoms with Gasteiger partial charge in [0, 0.05) is 19.4 Å². The van der Waals surface area contributed by atoms with E-state index >= 15 is 0 Å². The summed E-state index contributed by atoms with van der Waals surface area (Å²) in [6.45, 7) is 4.21. The van der Waals surface area contributed by atoms with Crippen LogP contribution in [0.15, 0.2) is 0 Å². The van der Waals surface area contributed by atoms with Crippen molar-refractivity contribution in [3.63, 3.8) is 0 Å². The average molecular weight is 588 g/mol. The number of hydrogen-bond acceptors (Lipinski definition) is 7. The first-order chi connectivity index (χ1) is 19.3. The Kier molecular flexibility index (Phi) is 21.8. The molecule has 0 aliphatic carbocycles. The Morgan fingerprint density at radius 3 is 1.83 bits per heavy atom. The van der Waals surface area contributed by atoms with Crippen LogP contribution >= 0.6 is 0 Å². The van der Waals surface area contributed by atoms with Gasteiger partial charge in [-0.05, 0) is 19.3 Å². The molecular weight excluding hydrogens is 526 g/mol. The smallest absolute Gasteiger partial charge is 0.219 e. The number of nitrogens with one attached hydrogen (secondary N) is 1. The van der Waals surface area contributed by atoms with Crippen molar-refractivity contribution in [2.24, 2.45) is 0 Å². The van der Waals surface area contributed by atoms with Crippen LogP contribution in [-0.2, 0) is 19.1 Å². The van der Waals surface area contributed by atoms with Gasteiger partial charge >= 0.3 is 0 Å². The second kappa shape index (κ2) is 22.8. The Morgan fingerprint density at radius 2 is 1.24 bits per heavy atom. The van der Waals surface area contributed by atoms with Crippen molar-refractivity contribution in [2.75, 3.05) is 67.5 Å². The molecule has 242 valence electrons. The summed E-state index contributed by atoms with van der Waals surface area (Å²) in [6.07, 6.45) is 13.6. The van der Waals surface area contributed by atoms with Crippen LogP contribution in [-0.4, -0.2) is 112 Å². The van der Waals surface area contributed by atoms with E-state index in [1.54, 1.807) is 0 Å². The molecule has 0 spiro atoms. The highest BCUT2D eigenvalue weighted by Crippen LogP contribution is 2.18. The van der Waals surface area contributed by atoms with E-state index in [-0.39, 0.29) is 29.6 Å². The number of rotatable bonds is 28. The number of hydrogen-bond donors (Lipinski definition) is 2. The number of ether oxygens (including phenoxy) is 1. The fourth-order valence-corrected chi connectivity index (χ4v) is 5.00. The molecule has 0 fully saturated rings. The Bertz CT molecular complexity index is 716. The lowest BCUT2D eigenvalue weighted by atomic mass is 9.99. The zero-order valence-corrected chi connectivity index (χ0v) is 26.8. The molecule has 1 amide bonds. The van der Waals surface area contributed by atoms with Crippen molar-refractivity contribution >= 4 is 17.8 Å². The van der Waals surface area contributed by atoms with Crippen LogP contribution in [0.2, 0.25) is 0 Å². The standard InChI is InChI=1S/C31H61N3O7/c1-6-7-8-9-11-14-18-27(35)28(41-24-23-34(4,5)26-31(39)40)19-15-12-10-13-16-20-29(36)32-21-17-22-33(2,3)25-30(37)38/h27-28,35H,6-26H2,1-5H3,(H-2,32,36,37,38,39,40). The van der Waals surface area contributed by atoms with E-state index in [4.69, 9.17) is 4.74 Å². The summed E-state index contributed by atoms with van der Waals surface area (Å²) in [5.74, 6) is -2.12. The predicted octanol–water partition coefficient (Wildman–Crippen LogP) is 1.37. The molecule has 0 aromatic heterocycles. The van der Waals surface area contributed by atoms with Crippen molar-refractivity contribution < 1.29 is 43.4 Å². The summed E-state index contributed by atoms with van der Waals surface area (Å²) < 4.78 is 6.70. The molecule has 41 heavy (non-hydrogen) atoms. The highest BCUT2D eigenvalue weighted by atomic mass is 16.5. The molecule has 0 aliphatic rings. The number of aliphatic carboxylic acids is 2. The van der Waals surface area contributed by atoms with Crippen LogP contribution in [0.25, 0.3) is 0 Å². The molecule has 10 nitrogen and oxygen atoms in total. The molecule has 0 aromatic carbocycles. The Morgan fingerprint density at radius 1 is 0.732 bits per heavy atom. The van der Waals surface area contributed by atoms with Gasteiger partial charge in [-0.1, -0.05) is 71.1 Å². The fraction of sp³-hybridized carbons (Fsp3) is 0.903. The monoisotopic (exact) mass is 587 g/mol. The van der Waals surface area contributed by atoms with E-state index in [2.05, 4.69) is 12.2 Å². The van der Waals surface area contributed by atoms with Crippen molar-refractivity contribution in [3.05, 3.63) is 0 Å². The molecule has 10 heteroatoms. The second-order valence-corrected chi connectivity index (χ2v) is 12.9. The number of likely N-dealkylation sites (N-methyl/N-ethyl adjacent to an activating group) is 2. The van der Waals surface area contributed by atoms with Gasteiger partial charge in [-0.15, -0.1) is 0 Å². The largest absolute Gasteiger partial charge is 0.544 e. The molecule has 0 saturated carbocycles. The SMILES string of the molecule is CCCCCCCCC(O)C(CCCCCCCC(=O)NCCC[N+](C)(C)CC(=O)[O-])OCC[N+](C)(C)CC(=O)[O-]. The van der Waals surface area contributed by atoms with Gasteiger partial charge in [0.05, 0.1) is 65.5 Å². The minimum Gasteiger partial charge on any atom is -0.544 e. The Hall–Kier alpha value is -1.75. The highest BCUT2D eigenvalue weighted by molar-refractivity contribution is 5.75. The van der Waals surface area contributed by atoms with E-state index in [1.807, 2.05) is 28.2 Å². The topological polar surface area (TPSA) is 139 Å². The first-order valence-electron chi connectivity index (χ1n) is 15.9. The summed E-state index contributed by atoms with van der Waals surface area (Å²) in [7, 11) is 7.34. The molecule has 0 rings (SSSR count). The minimum absolute atomic E-state index is 0.0292. The lowest BCUT2D eigenvalue weighted by molar-refractivity contribution is -0.885. The van der Waals surface area contributed by atoms with Gasteiger partial charge in [-0.3, -0.25) is 4.79 Å². The number of carbonyl (C=O) groups is 3. The molecule has 0 aromatic rings. The Balaban J connectivity index is 4.29. The van der Waals surface area contributed by atoms with Gasteiger partial charge in [0.25, 0.3) is 0 Å². The number of carbonyl (C=O) groups excluding carboxylic acids is 3. The molecule has 2 unspecified atom stereocenters. The van der Waals surface area contributed by atoms with Crippen molar-refractivity contribution in [1.82, 2.24) is 5.32 Å². The van der Waals surface area contributed by atoms with Crippen LogP contribution < -0.4 is 15.5 Å². The first-order valence-corrected chi connectivity index (χ1v) is 15.9. The van der Waals surface area contributed by atoms with E-state index in [0.717, 1.165) is 57.8 Å². The number of carboxylic acid groups (broad SMARTS) is 2. The van der Waals surface area contributed by atoms with E-state index in [9.17, 15) is 29.7 Å². The lowest BCUT2D eigenvalue weighted by Crippen LogP contribution is -2.50. The number of amides is 1. The summed E-state index contributed by atoms with van der Waals surface area (Å²) in [6, 6.07) is 0. The third-order valence-electron chi connectivity index (χ3n) is 7.58. The van der Waals surface area contributed by atoms with Crippen LogP contribution in [0, 0.1) is 0 Å². The highest BCUT2D eigenvalue weighted by Gasteiger charge is 2.22. The molecule has 2 atom stereocenters. The number of nitrogens with zero attached hydrogens (tertiary/aromatic N) is 2. The lowest BCUT2D eigenvalue weighted by Gasteiger charge is -2.31. The number of carboxylic acids is 2. The zero-order chi connectivity index (χ0) is 31.2. The summed E-state index contributed by atoms with van der Waals surface area (Å²) in [4.78, 5) is 33.9. The zero-order valence-electron chi connectivity index (χ0n) is 26.8. The summed E-state index contributed by atoms with van der Waals surface area (Å²) >= 11 is 0. The van der Waals surface area contributed by atoms with Gasteiger partial charge in [0.1, 0.15) is 19.6 Å².